The summed E-state index contributed by atoms with van der Waals surface area (Å²) in [5.41, 5.74) is 7.76. The Kier molecular flexibility index (Phi) is 6.24. The predicted octanol–water partition coefficient (Wildman–Crippen LogP) is 0.914. The van der Waals surface area contributed by atoms with Crippen molar-refractivity contribution < 1.29 is 14.4 Å². The minimum absolute atomic E-state index is 0.0799. The Morgan fingerprint density at radius 3 is 2.55 bits per heavy atom. The van der Waals surface area contributed by atoms with Gasteiger partial charge in [-0.05, 0) is 25.0 Å². The molecule has 2 aromatic rings. The number of aryl methyl sites for hydroxylation is 1. The Morgan fingerprint density at radius 2 is 1.90 bits per heavy atom. The molecule has 0 unspecified atom stereocenters. The average molecular weight is 394 g/mol. The maximum Gasteiger partial charge on any atom is 0.229 e. The van der Waals surface area contributed by atoms with Crippen LogP contribution in [0.3, 0.4) is 0 Å². The van der Waals surface area contributed by atoms with Gasteiger partial charge in [0, 0.05) is 32.4 Å². The largest absolute Gasteiger partial charge is 0.382 e. The highest BCUT2D eigenvalue weighted by Gasteiger charge is 2.28. The summed E-state index contributed by atoms with van der Waals surface area (Å²) < 4.78 is 1.54. The third kappa shape index (κ3) is 4.60. The average Bonchev–Trinajstić information content (AvgIpc) is 3.22. The lowest BCUT2D eigenvalue weighted by molar-refractivity contribution is -0.138. The van der Waals surface area contributed by atoms with E-state index in [1.54, 1.807) is 0 Å². The van der Waals surface area contributed by atoms with Crippen molar-refractivity contribution in [2.75, 3.05) is 18.8 Å². The van der Waals surface area contributed by atoms with Crippen LogP contribution in [-0.2, 0) is 20.8 Å². The fourth-order valence-corrected chi connectivity index (χ4v) is 3.20. The van der Waals surface area contributed by atoms with Crippen LogP contribution in [-0.4, -0.2) is 45.5 Å². The molecule has 1 aromatic carbocycles. The van der Waals surface area contributed by atoms with Gasteiger partial charge in [0.2, 0.25) is 17.7 Å². The Labute approximate surface area is 168 Å². The molecule has 1 saturated heterocycles. The lowest BCUT2D eigenvalue weighted by Crippen LogP contribution is -2.34. The fourth-order valence-electron chi connectivity index (χ4n) is 3.20. The van der Waals surface area contributed by atoms with Crippen LogP contribution < -0.4 is 11.1 Å². The van der Waals surface area contributed by atoms with Crippen molar-refractivity contribution >= 4 is 23.5 Å². The standard InChI is InChI=1S/C20H22N6O3/c21-13-15-16(24-26(20(15)22)14-5-2-1-3-6-14)7-4-11-23-17(27)10-12-25-18(28)8-9-19(25)29/h1-3,5-6H,4,7-12,22H2,(H,23,27). The Balaban J connectivity index is 1.49. The summed E-state index contributed by atoms with van der Waals surface area (Å²) in [6.07, 6.45) is 1.58. The Hall–Kier alpha value is -3.67. The molecule has 150 valence electrons. The van der Waals surface area contributed by atoms with E-state index in [9.17, 15) is 19.6 Å². The van der Waals surface area contributed by atoms with Crippen LogP contribution in [0.4, 0.5) is 5.82 Å². The number of hydrogen-bond acceptors (Lipinski definition) is 6. The number of nitriles is 1. The number of carbonyl (C=O) groups excluding carboxylic acids is 3. The summed E-state index contributed by atoms with van der Waals surface area (Å²) in [6.45, 7) is 0.504. The zero-order chi connectivity index (χ0) is 20.8. The van der Waals surface area contributed by atoms with E-state index in [0.717, 1.165) is 10.6 Å². The third-order valence-electron chi connectivity index (χ3n) is 4.74. The molecule has 9 heteroatoms. The number of para-hydroxylation sites is 1. The molecule has 0 saturated carbocycles. The molecular formula is C20H22N6O3. The summed E-state index contributed by atoms with van der Waals surface area (Å²) in [7, 11) is 0. The molecule has 3 rings (SSSR count). The molecule has 29 heavy (non-hydrogen) atoms. The molecule has 9 nitrogen and oxygen atoms in total. The van der Waals surface area contributed by atoms with E-state index in [-0.39, 0.29) is 49.3 Å². The topological polar surface area (TPSA) is 134 Å². The van der Waals surface area contributed by atoms with Crippen LogP contribution in [0, 0.1) is 11.3 Å². The van der Waals surface area contributed by atoms with Gasteiger partial charge in [-0.25, -0.2) is 4.68 Å². The number of benzene rings is 1. The predicted molar refractivity (Wildman–Crippen MR) is 105 cm³/mol. The minimum atomic E-state index is -0.229. The molecule has 0 spiro atoms. The van der Waals surface area contributed by atoms with Gasteiger partial charge in [-0.1, -0.05) is 18.2 Å². The van der Waals surface area contributed by atoms with E-state index in [1.165, 1.54) is 4.68 Å². The molecule has 2 heterocycles. The summed E-state index contributed by atoms with van der Waals surface area (Å²) in [5.74, 6) is -0.387. The summed E-state index contributed by atoms with van der Waals surface area (Å²) in [4.78, 5) is 36.1. The second kappa shape index (κ2) is 9.01. The van der Waals surface area contributed by atoms with Crippen molar-refractivity contribution in [3.05, 3.63) is 41.6 Å². The number of aromatic nitrogens is 2. The van der Waals surface area contributed by atoms with Gasteiger partial charge in [-0.3, -0.25) is 19.3 Å². The number of anilines is 1. The number of amides is 3. The van der Waals surface area contributed by atoms with E-state index in [0.29, 0.717) is 30.6 Å². The van der Waals surface area contributed by atoms with Crippen LogP contribution in [0.5, 0.6) is 0 Å². The maximum atomic E-state index is 11.9. The van der Waals surface area contributed by atoms with Crippen LogP contribution in [0.25, 0.3) is 5.69 Å². The van der Waals surface area contributed by atoms with E-state index >= 15 is 0 Å². The summed E-state index contributed by atoms with van der Waals surface area (Å²) >= 11 is 0. The van der Waals surface area contributed by atoms with Crippen molar-refractivity contribution in [3.63, 3.8) is 0 Å². The second-order valence-electron chi connectivity index (χ2n) is 6.71. The molecule has 1 aliphatic rings. The molecule has 0 aliphatic carbocycles. The molecule has 0 radical (unpaired) electrons. The fraction of sp³-hybridized carbons (Fsp3) is 0.350. The van der Waals surface area contributed by atoms with Crippen LogP contribution >= 0.6 is 0 Å². The number of imide groups is 1. The third-order valence-corrected chi connectivity index (χ3v) is 4.74. The molecule has 1 aliphatic heterocycles. The van der Waals surface area contributed by atoms with Gasteiger partial charge in [0.05, 0.1) is 11.4 Å². The molecule has 3 N–H and O–H groups in total. The zero-order valence-corrected chi connectivity index (χ0v) is 15.9. The first-order chi connectivity index (χ1) is 14.0. The monoisotopic (exact) mass is 394 g/mol. The SMILES string of the molecule is N#Cc1c(CCCNC(=O)CCN2C(=O)CCC2=O)nn(-c2ccccc2)c1N. The number of hydrogen-bond donors (Lipinski definition) is 2. The molecule has 0 atom stereocenters. The van der Waals surface area contributed by atoms with Gasteiger partial charge in [0.15, 0.2) is 0 Å². The normalized spacial score (nSPS) is 13.6. The first-order valence-corrected chi connectivity index (χ1v) is 9.44. The summed E-state index contributed by atoms with van der Waals surface area (Å²) in [6, 6.07) is 11.4. The van der Waals surface area contributed by atoms with Crippen molar-refractivity contribution in [2.24, 2.45) is 0 Å². The molecule has 3 amide bonds. The van der Waals surface area contributed by atoms with Crippen molar-refractivity contribution in [1.82, 2.24) is 20.0 Å². The number of nitrogens with two attached hydrogens (primary N) is 1. The van der Waals surface area contributed by atoms with E-state index in [2.05, 4.69) is 16.5 Å². The molecule has 0 bridgehead atoms. The first-order valence-electron chi connectivity index (χ1n) is 9.44. The lowest BCUT2D eigenvalue weighted by atomic mass is 10.1. The number of rotatable bonds is 8. The van der Waals surface area contributed by atoms with Gasteiger partial charge in [0.25, 0.3) is 0 Å². The highest BCUT2D eigenvalue weighted by Crippen LogP contribution is 2.21. The van der Waals surface area contributed by atoms with E-state index < -0.39 is 0 Å². The van der Waals surface area contributed by atoms with E-state index in [4.69, 9.17) is 5.73 Å². The van der Waals surface area contributed by atoms with E-state index in [1.807, 2.05) is 30.3 Å². The number of nitrogens with zero attached hydrogens (tertiary/aromatic N) is 4. The van der Waals surface area contributed by atoms with Crippen LogP contribution in [0.15, 0.2) is 30.3 Å². The van der Waals surface area contributed by atoms with Crippen molar-refractivity contribution in [3.8, 4) is 11.8 Å². The number of nitrogen functional groups attached to an aromatic ring is 1. The number of likely N-dealkylation sites (tertiary alicyclic amines) is 1. The van der Waals surface area contributed by atoms with Gasteiger partial charge in [-0.2, -0.15) is 10.4 Å². The molecular weight excluding hydrogens is 372 g/mol. The summed E-state index contributed by atoms with van der Waals surface area (Å²) in [5, 5.41) is 16.6. The number of nitrogens with one attached hydrogen (secondary N) is 1. The quantitative estimate of drug-likeness (QED) is 0.505. The van der Waals surface area contributed by atoms with Crippen LogP contribution in [0.1, 0.15) is 36.9 Å². The van der Waals surface area contributed by atoms with Crippen LogP contribution in [0.2, 0.25) is 0 Å². The van der Waals surface area contributed by atoms with Gasteiger partial charge >= 0.3 is 0 Å². The lowest BCUT2D eigenvalue weighted by Gasteiger charge is -2.13. The van der Waals surface area contributed by atoms with Crippen molar-refractivity contribution in [2.45, 2.75) is 32.1 Å². The highest BCUT2D eigenvalue weighted by molar-refractivity contribution is 6.02. The van der Waals surface area contributed by atoms with Gasteiger partial charge in [-0.15, -0.1) is 0 Å². The Morgan fingerprint density at radius 1 is 1.21 bits per heavy atom. The van der Waals surface area contributed by atoms with Gasteiger partial charge < -0.3 is 11.1 Å². The highest BCUT2D eigenvalue weighted by atomic mass is 16.2. The molecule has 1 aromatic heterocycles. The van der Waals surface area contributed by atoms with Crippen molar-refractivity contribution in [1.29, 1.82) is 5.26 Å². The Bertz CT molecular complexity index is 945. The zero-order valence-electron chi connectivity index (χ0n) is 15.9. The minimum Gasteiger partial charge on any atom is -0.382 e. The first kappa shape index (κ1) is 20.1. The maximum absolute atomic E-state index is 11.9. The van der Waals surface area contributed by atoms with Gasteiger partial charge in [0.1, 0.15) is 17.5 Å². The smallest absolute Gasteiger partial charge is 0.229 e. The second-order valence-corrected chi connectivity index (χ2v) is 6.71. The molecule has 1 fully saturated rings. The number of carbonyl (C=O) groups is 3.